The number of hydrogen-bond acceptors (Lipinski definition) is 3. The molecule has 134 valence electrons. The Labute approximate surface area is 153 Å². The number of halogens is 1. The number of nitrogens with one attached hydrogen (secondary N) is 2. The molecule has 25 heavy (non-hydrogen) atoms. The number of urea groups is 1. The number of benzene rings is 2. The van der Waals surface area contributed by atoms with Crippen molar-refractivity contribution in [1.29, 1.82) is 0 Å². The van der Waals surface area contributed by atoms with Crippen LogP contribution in [-0.4, -0.2) is 25.8 Å². The first-order chi connectivity index (χ1) is 12.0. The fourth-order valence-electron chi connectivity index (χ4n) is 2.34. The number of carbonyl (C=O) groups excluding carboxylic acids is 1. The Morgan fingerprint density at radius 3 is 2.48 bits per heavy atom. The van der Waals surface area contributed by atoms with Gasteiger partial charge in [0.25, 0.3) is 0 Å². The summed E-state index contributed by atoms with van der Waals surface area (Å²) >= 11 is 6.13. The summed E-state index contributed by atoms with van der Waals surface area (Å²) in [6.45, 7) is 7.04. The molecule has 5 nitrogen and oxygen atoms in total. The van der Waals surface area contributed by atoms with Crippen LogP contribution in [-0.2, 0) is 0 Å². The lowest BCUT2D eigenvalue weighted by atomic mass is 10.1. The minimum atomic E-state index is -0.306. The number of hydrogen-bond donors (Lipinski definition) is 2. The van der Waals surface area contributed by atoms with Gasteiger partial charge in [-0.05, 0) is 56.2 Å². The van der Waals surface area contributed by atoms with Gasteiger partial charge in [0.2, 0.25) is 0 Å². The zero-order valence-corrected chi connectivity index (χ0v) is 15.4. The van der Waals surface area contributed by atoms with Crippen LogP contribution in [0.4, 0.5) is 10.5 Å². The molecule has 0 spiro atoms. The second kappa shape index (κ2) is 9.18. The van der Waals surface area contributed by atoms with Gasteiger partial charge in [-0.2, -0.15) is 0 Å². The van der Waals surface area contributed by atoms with Crippen LogP contribution >= 0.6 is 11.6 Å². The molecule has 0 aliphatic rings. The van der Waals surface area contributed by atoms with Gasteiger partial charge in [-0.3, -0.25) is 0 Å². The van der Waals surface area contributed by atoms with Gasteiger partial charge in [-0.25, -0.2) is 4.79 Å². The molecule has 2 aromatic rings. The lowest BCUT2D eigenvalue weighted by molar-refractivity contribution is 0.247. The fraction of sp³-hybridized carbons (Fsp3) is 0.316. The van der Waals surface area contributed by atoms with Crippen molar-refractivity contribution >= 4 is 23.3 Å². The third-order valence-electron chi connectivity index (χ3n) is 3.50. The molecule has 0 aliphatic heterocycles. The van der Waals surface area contributed by atoms with Crippen molar-refractivity contribution in [2.75, 3.05) is 25.1 Å². The molecule has 0 bridgehead atoms. The normalized spacial score (nSPS) is 10.2. The van der Waals surface area contributed by atoms with Crippen LogP contribution in [0.3, 0.4) is 0 Å². The van der Waals surface area contributed by atoms with Gasteiger partial charge in [0, 0.05) is 5.02 Å². The average molecular weight is 363 g/mol. The lowest BCUT2D eigenvalue weighted by Crippen LogP contribution is -2.32. The second-order valence-corrected chi connectivity index (χ2v) is 5.91. The minimum Gasteiger partial charge on any atom is -0.492 e. The molecule has 0 heterocycles. The summed E-state index contributed by atoms with van der Waals surface area (Å²) in [6.07, 6.45) is 0. The van der Waals surface area contributed by atoms with Gasteiger partial charge in [-0.1, -0.05) is 23.7 Å². The molecule has 2 aromatic carbocycles. The Morgan fingerprint density at radius 1 is 1.12 bits per heavy atom. The van der Waals surface area contributed by atoms with Crippen LogP contribution in [0.5, 0.6) is 11.5 Å². The summed E-state index contributed by atoms with van der Waals surface area (Å²) in [5.74, 6) is 1.38. The highest BCUT2D eigenvalue weighted by Crippen LogP contribution is 2.26. The van der Waals surface area contributed by atoms with E-state index in [0.29, 0.717) is 31.2 Å². The predicted molar refractivity (Wildman–Crippen MR) is 101 cm³/mol. The van der Waals surface area contributed by atoms with E-state index in [4.69, 9.17) is 21.1 Å². The van der Waals surface area contributed by atoms with Crippen LogP contribution in [0.2, 0.25) is 5.02 Å². The highest BCUT2D eigenvalue weighted by Gasteiger charge is 2.07. The van der Waals surface area contributed by atoms with Crippen LogP contribution in [0.1, 0.15) is 18.1 Å². The van der Waals surface area contributed by atoms with Crippen molar-refractivity contribution in [3.05, 3.63) is 52.5 Å². The second-order valence-electron chi connectivity index (χ2n) is 5.53. The minimum absolute atomic E-state index is 0.306. The number of amides is 2. The third-order valence-corrected chi connectivity index (χ3v) is 4.10. The molecule has 6 heteroatoms. The van der Waals surface area contributed by atoms with Crippen LogP contribution in [0, 0.1) is 13.8 Å². The number of rotatable bonds is 7. The standard InChI is InChI=1S/C19H23ClN2O3/c1-4-24-17-8-6-5-7-16(17)22-19(23)21-9-10-25-15-11-13(2)18(20)14(3)12-15/h5-8,11-12H,4,9-10H2,1-3H3,(H2,21,22,23). The number of ether oxygens (including phenoxy) is 2. The van der Waals surface area contributed by atoms with Crippen molar-refractivity contribution < 1.29 is 14.3 Å². The average Bonchev–Trinajstić information content (AvgIpc) is 2.58. The molecule has 0 radical (unpaired) electrons. The Hall–Kier alpha value is -2.40. The van der Waals surface area contributed by atoms with Crippen LogP contribution in [0.15, 0.2) is 36.4 Å². The highest BCUT2D eigenvalue weighted by molar-refractivity contribution is 6.32. The summed E-state index contributed by atoms with van der Waals surface area (Å²) in [5, 5.41) is 6.27. The SMILES string of the molecule is CCOc1ccccc1NC(=O)NCCOc1cc(C)c(Cl)c(C)c1. The first kappa shape index (κ1) is 18.9. The summed E-state index contributed by atoms with van der Waals surface area (Å²) in [4.78, 5) is 12.0. The van der Waals surface area contributed by atoms with Crippen molar-refractivity contribution in [3.63, 3.8) is 0 Å². The molecule has 0 saturated carbocycles. The Kier molecular flexibility index (Phi) is 6.95. The maximum absolute atomic E-state index is 12.0. The number of para-hydroxylation sites is 2. The van der Waals surface area contributed by atoms with E-state index in [2.05, 4.69) is 10.6 Å². The topological polar surface area (TPSA) is 59.6 Å². The van der Waals surface area contributed by atoms with Crippen LogP contribution < -0.4 is 20.1 Å². The van der Waals surface area contributed by atoms with Gasteiger partial charge in [-0.15, -0.1) is 0 Å². The van der Waals surface area contributed by atoms with Crippen LogP contribution in [0.25, 0.3) is 0 Å². The Balaban J connectivity index is 1.79. The van der Waals surface area contributed by atoms with Crippen molar-refractivity contribution in [1.82, 2.24) is 5.32 Å². The third kappa shape index (κ3) is 5.57. The molecule has 0 atom stereocenters. The van der Waals surface area contributed by atoms with Crippen molar-refractivity contribution in [2.45, 2.75) is 20.8 Å². The van der Waals surface area contributed by atoms with E-state index in [1.54, 1.807) is 6.07 Å². The lowest BCUT2D eigenvalue weighted by Gasteiger charge is -2.13. The molecule has 2 amide bonds. The molecule has 2 N–H and O–H groups in total. The first-order valence-corrected chi connectivity index (χ1v) is 8.55. The number of aryl methyl sites for hydroxylation is 2. The summed E-state index contributed by atoms with van der Waals surface area (Å²) in [7, 11) is 0. The maximum Gasteiger partial charge on any atom is 0.319 e. The maximum atomic E-state index is 12.0. The fourth-order valence-corrected chi connectivity index (χ4v) is 2.45. The molecule has 0 aromatic heterocycles. The Bertz CT molecular complexity index is 711. The van der Waals surface area contributed by atoms with E-state index in [0.717, 1.165) is 21.9 Å². The molecular formula is C19H23ClN2O3. The zero-order chi connectivity index (χ0) is 18.2. The van der Waals surface area contributed by atoms with E-state index in [9.17, 15) is 4.79 Å². The molecular weight excluding hydrogens is 340 g/mol. The van der Waals surface area contributed by atoms with E-state index in [1.807, 2.05) is 51.1 Å². The first-order valence-electron chi connectivity index (χ1n) is 8.17. The number of anilines is 1. The van der Waals surface area contributed by atoms with Crippen molar-refractivity contribution in [3.8, 4) is 11.5 Å². The number of carbonyl (C=O) groups is 1. The molecule has 0 aliphatic carbocycles. The van der Waals surface area contributed by atoms with Gasteiger partial charge in [0.05, 0.1) is 18.8 Å². The van der Waals surface area contributed by atoms with Gasteiger partial charge in [0.15, 0.2) is 0 Å². The molecule has 0 saturated heterocycles. The Morgan fingerprint density at radius 2 is 1.80 bits per heavy atom. The summed E-state index contributed by atoms with van der Waals surface area (Å²) < 4.78 is 11.1. The molecule has 0 unspecified atom stereocenters. The summed E-state index contributed by atoms with van der Waals surface area (Å²) in [6, 6.07) is 10.8. The van der Waals surface area contributed by atoms with E-state index in [-0.39, 0.29) is 6.03 Å². The largest absolute Gasteiger partial charge is 0.492 e. The van der Waals surface area contributed by atoms with Gasteiger partial charge < -0.3 is 20.1 Å². The van der Waals surface area contributed by atoms with Gasteiger partial charge >= 0.3 is 6.03 Å². The van der Waals surface area contributed by atoms with E-state index >= 15 is 0 Å². The molecule has 0 fully saturated rings. The smallest absolute Gasteiger partial charge is 0.319 e. The predicted octanol–water partition coefficient (Wildman–Crippen LogP) is 4.56. The van der Waals surface area contributed by atoms with E-state index < -0.39 is 0 Å². The van der Waals surface area contributed by atoms with Gasteiger partial charge in [0.1, 0.15) is 18.1 Å². The van der Waals surface area contributed by atoms with Crippen molar-refractivity contribution in [2.24, 2.45) is 0 Å². The monoisotopic (exact) mass is 362 g/mol. The quantitative estimate of drug-likeness (QED) is 0.710. The molecule has 2 rings (SSSR count). The zero-order valence-electron chi connectivity index (χ0n) is 14.7. The van der Waals surface area contributed by atoms with E-state index in [1.165, 1.54) is 0 Å². The summed E-state index contributed by atoms with van der Waals surface area (Å²) in [5.41, 5.74) is 2.57. The highest BCUT2D eigenvalue weighted by atomic mass is 35.5.